The van der Waals surface area contributed by atoms with Gasteiger partial charge in [-0.15, -0.1) is 0 Å². The topological polar surface area (TPSA) is 70.2 Å². The lowest BCUT2D eigenvalue weighted by atomic mass is 10.3. The van der Waals surface area contributed by atoms with Crippen LogP contribution in [-0.4, -0.2) is 32.0 Å². The Balaban J connectivity index is 2.37. The van der Waals surface area contributed by atoms with Crippen molar-refractivity contribution in [2.75, 3.05) is 25.5 Å². The average Bonchev–Trinajstić information content (AvgIpc) is 2.39. The predicted molar refractivity (Wildman–Crippen MR) is 76.6 cm³/mol. The van der Waals surface area contributed by atoms with Gasteiger partial charge in [-0.1, -0.05) is 29.3 Å². The third kappa shape index (κ3) is 5.46. The maximum absolute atomic E-state index is 11.6. The number of anilines is 1. The van der Waals surface area contributed by atoms with Gasteiger partial charge in [-0.05, 0) is 12.1 Å². The monoisotopic (exact) mass is 303 g/mol. The second kappa shape index (κ2) is 7.99. The number of carbonyl (C=O) groups excluding carboxylic acids is 2. The minimum atomic E-state index is -0.271. The first kappa shape index (κ1) is 15.8. The van der Waals surface area contributed by atoms with Gasteiger partial charge in [0.05, 0.1) is 22.3 Å². The highest BCUT2D eigenvalue weighted by atomic mass is 35.5. The lowest BCUT2D eigenvalue weighted by Crippen LogP contribution is -2.31. The first-order chi connectivity index (χ1) is 9.04. The van der Waals surface area contributed by atoms with E-state index in [0.29, 0.717) is 28.7 Å². The lowest BCUT2D eigenvalue weighted by Gasteiger charge is -2.09. The molecule has 0 spiro atoms. The summed E-state index contributed by atoms with van der Waals surface area (Å²) in [5, 5.41) is 8.72. The van der Waals surface area contributed by atoms with E-state index in [-0.39, 0.29) is 18.4 Å². The van der Waals surface area contributed by atoms with E-state index >= 15 is 0 Å². The third-order valence-corrected chi connectivity index (χ3v) is 2.95. The van der Waals surface area contributed by atoms with Gasteiger partial charge in [-0.2, -0.15) is 0 Å². The minimum absolute atomic E-state index is 0.0814. The van der Waals surface area contributed by atoms with E-state index in [9.17, 15) is 9.59 Å². The predicted octanol–water partition coefficient (Wildman–Crippen LogP) is 1.66. The Hall–Kier alpha value is -1.30. The zero-order valence-corrected chi connectivity index (χ0v) is 11.9. The Morgan fingerprint density at radius 2 is 1.79 bits per heavy atom. The number of nitrogens with one attached hydrogen (secondary N) is 3. The molecule has 104 valence electrons. The number of para-hydroxylation sites is 1. The highest BCUT2D eigenvalue weighted by Gasteiger charge is 2.09. The van der Waals surface area contributed by atoms with Crippen molar-refractivity contribution in [1.29, 1.82) is 0 Å². The van der Waals surface area contributed by atoms with Crippen LogP contribution >= 0.6 is 23.2 Å². The van der Waals surface area contributed by atoms with Gasteiger partial charge < -0.3 is 16.0 Å². The van der Waals surface area contributed by atoms with E-state index in [1.165, 1.54) is 0 Å². The molecule has 0 bridgehead atoms. The van der Waals surface area contributed by atoms with E-state index < -0.39 is 0 Å². The molecule has 0 heterocycles. The number of amides is 2. The molecule has 2 amide bonds. The molecule has 1 aromatic carbocycles. The molecular weight excluding hydrogens is 289 g/mol. The highest BCUT2D eigenvalue weighted by molar-refractivity contribution is 6.39. The van der Waals surface area contributed by atoms with Gasteiger partial charge >= 0.3 is 0 Å². The van der Waals surface area contributed by atoms with Crippen LogP contribution in [0.25, 0.3) is 0 Å². The van der Waals surface area contributed by atoms with Crippen LogP contribution in [0, 0.1) is 0 Å². The molecule has 19 heavy (non-hydrogen) atoms. The number of hydrogen-bond donors (Lipinski definition) is 3. The van der Waals surface area contributed by atoms with E-state index in [1.807, 2.05) is 0 Å². The van der Waals surface area contributed by atoms with Gasteiger partial charge in [0.25, 0.3) is 0 Å². The maximum atomic E-state index is 11.6. The van der Waals surface area contributed by atoms with E-state index in [0.717, 1.165) is 0 Å². The Bertz CT molecular complexity index is 446. The van der Waals surface area contributed by atoms with Crippen LogP contribution < -0.4 is 16.0 Å². The summed E-state index contributed by atoms with van der Waals surface area (Å²) in [6.07, 6.45) is 0.316. The Kier molecular flexibility index (Phi) is 6.62. The molecule has 0 aliphatic rings. The first-order valence-electron chi connectivity index (χ1n) is 5.69. The van der Waals surface area contributed by atoms with Crippen molar-refractivity contribution in [3.05, 3.63) is 28.2 Å². The molecular formula is C12H15Cl2N3O2. The summed E-state index contributed by atoms with van der Waals surface area (Å²) < 4.78 is 0. The van der Waals surface area contributed by atoms with Crippen molar-refractivity contribution in [2.45, 2.75) is 6.42 Å². The zero-order valence-electron chi connectivity index (χ0n) is 10.4. The fourth-order valence-corrected chi connectivity index (χ4v) is 1.82. The molecule has 5 nitrogen and oxygen atoms in total. The average molecular weight is 304 g/mol. The molecule has 7 heteroatoms. The van der Waals surface area contributed by atoms with E-state index in [4.69, 9.17) is 23.2 Å². The third-order valence-electron chi connectivity index (χ3n) is 2.32. The van der Waals surface area contributed by atoms with Crippen LogP contribution in [-0.2, 0) is 9.59 Å². The summed E-state index contributed by atoms with van der Waals surface area (Å²) in [4.78, 5) is 22.6. The van der Waals surface area contributed by atoms with Gasteiger partial charge in [-0.25, -0.2) is 0 Å². The summed E-state index contributed by atoms with van der Waals surface area (Å²) in [7, 11) is 1.56. The molecule has 3 N–H and O–H groups in total. The van der Waals surface area contributed by atoms with Gasteiger partial charge in [0.2, 0.25) is 11.8 Å². The van der Waals surface area contributed by atoms with Crippen molar-refractivity contribution in [3.8, 4) is 0 Å². The number of halogens is 2. The molecule has 0 unspecified atom stereocenters. The number of hydrogen-bond acceptors (Lipinski definition) is 3. The van der Waals surface area contributed by atoms with Crippen molar-refractivity contribution >= 4 is 40.7 Å². The van der Waals surface area contributed by atoms with Crippen LogP contribution in [0.3, 0.4) is 0 Å². The van der Waals surface area contributed by atoms with Crippen LogP contribution in [0.1, 0.15) is 6.42 Å². The Labute approximate surface area is 121 Å². The van der Waals surface area contributed by atoms with Crippen LogP contribution in [0.5, 0.6) is 0 Å². The molecule has 0 saturated heterocycles. The summed E-state index contributed by atoms with van der Waals surface area (Å²) in [6, 6.07) is 4.98. The number of rotatable bonds is 6. The fourth-order valence-electron chi connectivity index (χ4n) is 1.33. The first-order valence-corrected chi connectivity index (χ1v) is 6.45. The molecule has 0 saturated carbocycles. The van der Waals surface area contributed by atoms with Gasteiger partial charge in [-0.3, -0.25) is 9.59 Å². The standard InChI is InChI=1S/C12H15Cl2N3O2/c1-15-10(18)5-6-16-7-11(19)17-12-8(13)3-2-4-9(12)14/h2-4,16H,5-7H2,1H3,(H,15,18)(H,17,19). The molecule has 0 aliphatic carbocycles. The minimum Gasteiger partial charge on any atom is -0.359 e. The Morgan fingerprint density at radius 3 is 2.37 bits per heavy atom. The van der Waals surface area contributed by atoms with Gasteiger partial charge in [0, 0.05) is 20.0 Å². The van der Waals surface area contributed by atoms with Crippen molar-refractivity contribution < 1.29 is 9.59 Å². The molecule has 0 aliphatic heterocycles. The van der Waals surface area contributed by atoms with Gasteiger partial charge in [0.15, 0.2) is 0 Å². The van der Waals surface area contributed by atoms with Crippen LogP contribution in [0.15, 0.2) is 18.2 Å². The molecule has 0 atom stereocenters. The second-order valence-electron chi connectivity index (χ2n) is 3.74. The smallest absolute Gasteiger partial charge is 0.238 e. The Morgan fingerprint density at radius 1 is 1.16 bits per heavy atom. The summed E-state index contributed by atoms with van der Waals surface area (Å²) in [5.74, 6) is -0.353. The fraction of sp³-hybridized carbons (Fsp3) is 0.333. The summed E-state index contributed by atoms with van der Waals surface area (Å²) in [6.45, 7) is 0.502. The summed E-state index contributed by atoms with van der Waals surface area (Å²) in [5.41, 5.74) is 0.393. The maximum Gasteiger partial charge on any atom is 0.238 e. The summed E-state index contributed by atoms with van der Waals surface area (Å²) >= 11 is 11.8. The van der Waals surface area contributed by atoms with Crippen molar-refractivity contribution in [3.63, 3.8) is 0 Å². The van der Waals surface area contributed by atoms with Crippen LogP contribution in [0.4, 0.5) is 5.69 Å². The normalized spacial score (nSPS) is 10.1. The second-order valence-corrected chi connectivity index (χ2v) is 4.56. The lowest BCUT2D eigenvalue weighted by molar-refractivity contribution is -0.121. The molecule has 0 aromatic heterocycles. The molecule has 0 fully saturated rings. The highest BCUT2D eigenvalue weighted by Crippen LogP contribution is 2.29. The number of carbonyl (C=O) groups is 2. The van der Waals surface area contributed by atoms with Gasteiger partial charge in [0.1, 0.15) is 0 Å². The van der Waals surface area contributed by atoms with Crippen LogP contribution in [0.2, 0.25) is 10.0 Å². The quantitative estimate of drug-likeness (QED) is 0.700. The SMILES string of the molecule is CNC(=O)CCNCC(=O)Nc1c(Cl)cccc1Cl. The number of benzene rings is 1. The van der Waals surface area contributed by atoms with E-state index in [2.05, 4.69) is 16.0 Å². The molecule has 1 rings (SSSR count). The zero-order chi connectivity index (χ0) is 14.3. The molecule has 1 aromatic rings. The van der Waals surface area contributed by atoms with Crippen molar-refractivity contribution in [2.24, 2.45) is 0 Å². The largest absolute Gasteiger partial charge is 0.359 e. The van der Waals surface area contributed by atoms with E-state index in [1.54, 1.807) is 25.2 Å². The molecule has 0 radical (unpaired) electrons. The van der Waals surface area contributed by atoms with Crippen molar-refractivity contribution in [1.82, 2.24) is 10.6 Å².